The lowest BCUT2D eigenvalue weighted by atomic mass is 10.1. The minimum absolute atomic E-state index is 0.624. The summed E-state index contributed by atoms with van der Waals surface area (Å²) in [5.74, 6) is 0.624. The van der Waals surface area contributed by atoms with Crippen molar-refractivity contribution in [3.63, 3.8) is 0 Å². The molecule has 0 aliphatic heterocycles. The van der Waals surface area contributed by atoms with Crippen LogP contribution in [0, 0.1) is 5.92 Å². The molecular formula is C10H19N3. The van der Waals surface area contributed by atoms with Crippen molar-refractivity contribution < 1.29 is 0 Å². The van der Waals surface area contributed by atoms with E-state index in [1.54, 1.807) is 0 Å². The average Bonchev–Trinajstić information content (AvgIpc) is 2.64. The van der Waals surface area contributed by atoms with Crippen molar-refractivity contribution in [2.45, 2.75) is 19.9 Å². The number of rotatable bonds is 6. The van der Waals surface area contributed by atoms with E-state index >= 15 is 0 Å². The summed E-state index contributed by atoms with van der Waals surface area (Å²) < 4.78 is 0. The largest absolute Gasteiger partial charge is 0.367 e. The molecule has 13 heavy (non-hydrogen) atoms. The molecule has 1 aromatic rings. The number of hydrogen-bond acceptors (Lipinski definition) is 2. The van der Waals surface area contributed by atoms with Gasteiger partial charge < -0.3 is 16.0 Å². The van der Waals surface area contributed by atoms with Crippen LogP contribution >= 0.6 is 0 Å². The lowest BCUT2D eigenvalue weighted by Crippen LogP contribution is -2.20. The highest BCUT2D eigenvalue weighted by Crippen LogP contribution is 1.98. The molecule has 0 aliphatic carbocycles. The SMILES string of the molecule is CC(CN)CCNCc1cc[nH]c1. The first-order valence-electron chi connectivity index (χ1n) is 4.85. The topological polar surface area (TPSA) is 53.8 Å². The Morgan fingerprint density at radius 3 is 3.08 bits per heavy atom. The van der Waals surface area contributed by atoms with E-state index in [1.807, 2.05) is 12.4 Å². The highest BCUT2D eigenvalue weighted by atomic mass is 14.9. The van der Waals surface area contributed by atoms with Crippen molar-refractivity contribution in [1.82, 2.24) is 10.3 Å². The molecule has 3 heteroatoms. The van der Waals surface area contributed by atoms with Gasteiger partial charge in [0.1, 0.15) is 0 Å². The van der Waals surface area contributed by atoms with Crippen molar-refractivity contribution in [3.05, 3.63) is 24.0 Å². The molecule has 0 radical (unpaired) electrons. The molecule has 3 nitrogen and oxygen atoms in total. The van der Waals surface area contributed by atoms with Crippen LogP contribution in [0.15, 0.2) is 18.5 Å². The highest BCUT2D eigenvalue weighted by Gasteiger charge is 1.97. The Bertz CT molecular complexity index is 206. The van der Waals surface area contributed by atoms with Gasteiger partial charge in [0.2, 0.25) is 0 Å². The molecule has 0 bridgehead atoms. The Labute approximate surface area is 79.7 Å². The Morgan fingerprint density at radius 1 is 1.62 bits per heavy atom. The fraction of sp³-hybridized carbons (Fsp3) is 0.600. The Morgan fingerprint density at radius 2 is 2.46 bits per heavy atom. The van der Waals surface area contributed by atoms with E-state index < -0.39 is 0 Å². The second kappa shape index (κ2) is 5.78. The maximum Gasteiger partial charge on any atom is 0.0220 e. The summed E-state index contributed by atoms with van der Waals surface area (Å²) in [5.41, 5.74) is 6.82. The predicted octanol–water partition coefficient (Wildman–Crippen LogP) is 1.09. The Kier molecular flexibility index (Phi) is 4.57. The van der Waals surface area contributed by atoms with E-state index in [4.69, 9.17) is 5.73 Å². The van der Waals surface area contributed by atoms with E-state index in [-0.39, 0.29) is 0 Å². The van der Waals surface area contributed by atoms with Gasteiger partial charge in [-0.05, 0) is 37.1 Å². The lowest BCUT2D eigenvalue weighted by molar-refractivity contribution is 0.509. The number of H-pyrrole nitrogens is 1. The molecule has 74 valence electrons. The standard InChI is InChI=1S/C10H19N3/c1-9(6-11)2-4-12-7-10-3-5-13-8-10/h3,5,8-9,12-13H,2,4,6-7,11H2,1H3. The van der Waals surface area contributed by atoms with Gasteiger partial charge in [-0.15, -0.1) is 0 Å². The molecule has 1 atom stereocenters. The second-order valence-electron chi connectivity index (χ2n) is 3.53. The van der Waals surface area contributed by atoms with E-state index in [0.717, 1.165) is 26.1 Å². The molecule has 0 spiro atoms. The summed E-state index contributed by atoms with van der Waals surface area (Å²) >= 11 is 0. The second-order valence-corrected chi connectivity index (χ2v) is 3.53. The van der Waals surface area contributed by atoms with E-state index in [2.05, 4.69) is 23.3 Å². The molecule has 0 amide bonds. The molecule has 4 N–H and O–H groups in total. The smallest absolute Gasteiger partial charge is 0.0220 e. The number of aromatic amines is 1. The van der Waals surface area contributed by atoms with Crippen molar-refractivity contribution in [1.29, 1.82) is 0 Å². The third-order valence-electron chi connectivity index (χ3n) is 2.21. The highest BCUT2D eigenvalue weighted by molar-refractivity contribution is 5.07. The first-order chi connectivity index (χ1) is 6.33. The van der Waals surface area contributed by atoms with Crippen LogP contribution in [-0.2, 0) is 6.54 Å². The Balaban J connectivity index is 2.02. The summed E-state index contributed by atoms with van der Waals surface area (Å²) in [5, 5.41) is 3.38. The minimum atomic E-state index is 0.624. The maximum absolute atomic E-state index is 5.52. The zero-order valence-electron chi connectivity index (χ0n) is 8.22. The number of nitrogens with two attached hydrogens (primary N) is 1. The molecule has 0 aliphatic rings. The van der Waals surface area contributed by atoms with Gasteiger partial charge in [-0.1, -0.05) is 6.92 Å². The molecule has 1 heterocycles. The van der Waals surface area contributed by atoms with Crippen molar-refractivity contribution in [3.8, 4) is 0 Å². The van der Waals surface area contributed by atoms with Crippen LogP contribution in [0.1, 0.15) is 18.9 Å². The summed E-state index contributed by atoms with van der Waals surface area (Å²) in [6, 6.07) is 2.08. The van der Waals surface area contributed by atoms with Gasteiger partial charge in [-0.25, -0.2) is 0 Å². The minimum Gasteiger partial charge on any atom is -0.367 e. The van der Waals surface area contributed by atoms with E-state index in [0.29, 0.717) is 5.92 Å². The summed E-state index contributed by atoms with van der Waals surface area (Å²) in [6.45, 7) is 4.95. The maximum atomic E-state index is 5.52. The third kappa shape index (κ3) is 4.10. The van der Waals surface area contributed by atoms with Crippen molar-refractivity contribution >= 4 is 0 Å². The number of aromatic nitrogens is 1. The first kappa shape index (κ1) is 10.3. The lowest BCUT2D eigenvalue weighted by Gasteiger charge is -2.08. The first-order valence-corrected chi connectivity index (χ1v) is 4.85. The average molecular weight is 181 g/mol. The Hall–Kier alpha value is -0.800. The molecule has 0 aromatic carbocycles. The van der Waals surface area contributed by atoms with Crippen LogP contribution in [0.5, 0.6) is 0 Å². The quantitative estimate of drug-likeness (QED) is 0.575. The van der Waals surface area contributed by atoms with Gasteiger partial charge in [0.05, 0.1) is 0 Å². The van der Waals surface area contributed by atoms with Gasteiger partial charge in [0.25, 0.3) is 0 Å². The fourth-order valence-electron chi connectivity index (χ4n) is 1.17. The van der Waals surface area contributed by atoms with Crippen LogP contribution in [0.25, 0.3) is 0 Å². The monoisotopic (exact) mass is 181 g/mol. The molecule has 1 unspecified atom stereocenters. The zero-order chi connectivity index (χ0) is 9.52. The van der Waals surface area contributed by atoms with Crippen LogP contribution in [0.2, 0.25) is 0 Å². The van der Waals surface area contributed by atoms with Crippen LogP contribution < -0.4 is 11.1 Å². The normalized spacial score (nSPS) is 13.1. The van der Waals surface area contributed by atoms with Crippen molar-refractivity contribution in [2.75, 3.05) is 13.1 Å². The van der Waals surface area contributed by atoms with Crippen molar-refractivity contribution in [2.24, 2.45) is 11.7 Å². The van der Waals surface area contributed by atoms with Gasteiger partial charge in [0.15, 0.2) is 0 Å². The fourth-order valence-corrected chi connectivity index (χ4v) is 1.17. The molecule has 0 saturated heterocycles. The van der Waals surface area contributed by atoms with E-state index in [1.165, 1.54) is 5.56 Å². The van der Waals surface area contributed by atoms with Crippen LogP contribution in [-0.4, -0.2) is 18.1 Å². The van der Waals surface area contributed by atoms with E-state index in [9.17, 15) is 0 Å². The van der Waals surface area contributed by atoms with Gasteiger partial charge in [-0.2, -0.15) is 0 Å². The number of hydrogen-bond donors (Lipinski definition) is 3. The number of nitrogens with one attached hydrogen (secondary N) is 2. The van der Waals surface area contributed by atoms with Crippen LogP contribution in [0.3, 0.4) is 0 Å². The molecule has 0 saturated carbocycles. The van der Waals surface area contributed by atoms with Gasteiger partial charge in [-0.3, -0.25) is 0 Å². The zero-order valence-corrected chi connectivity index (χ0v) is 8.22. The predicted molar refractivity (Wildman–Crippen MR) is 55.3 cm³/mol. The molecule has 1 rings (SSSR count). The van der Waals surface area contributed by atoms with Gasteiger partial charge in [0, 0.05) is 18.9 Å². The summed E-state index contributed by atoms with van der Waals surface area (Å²) in [6.07, 6.45) is 5.11. The third-order valence-corrected chi connectivity index (χ3v) is 2.21. The molecule has 0 fully saturated rings. The van der Waals surface area contributed by atoms with Crippen LogP contribution in [0.4, 0.5) is 0 Å². The molecule has 1 aromatic heterocycles. The molecular weight excluding hydrogens is 162 g/mol. The summed E-state index contributed by atoms with van der Waals surface area (Å²) in [7, 11) is 0. The van der Waals surface area contributed by atoms with Gasteiger partial charge >= 0.3 is 0 Å². The summed E-state index contributed by atoms with van der Waals surface area (Å²) in [4.78, 5) is 3.03.